The molecule has 1 aliphatic carbocycles. The summed E-state index contributed by atoms with van der Waals surface area (Å²) in [5, 5.41) is 6.95. The molecule has 3 rings (SSSR count). The molecule has 7 heteroatoms. The van der Waals surface area contributed by atoms with Crippen molar-refractivity contribution in [1.82, 2.24) is 25.5 Å². The molecule has 1 saturated carbocycles. The summed E-state index contributed by atoms with van der Waals surface area (Å²) in [5.41, 5.74) is 0. The van der Waals surface area contributed by atoms with E-state index < -0.39 is 0 Å². The van der Waals surface area contributed by atoms with Crippen LogP contribution in [0.4, 0.5) is 5.95 Å². The molecule has 1 aliphatic heterocycles. The van der Waals surface area contributed by atoms with Gasteiger partial charge in [-0.25, -0.2) is 9.97 Å². The minimum atomic E-state index is 0.604. The van der Waals surface area contributed by atoms with Crippen molar-refractivity contribution in [3.63, 3.8) is 0 Å². The van der Waals surface area contributed by atoms with E-state index >= 15 is 0 Å². The highest BCUT2D eigenvalue weighted by molar-refractivity contribution is 5.80. The molecule has 7 nitrogen and oxygen atoms in total. The van der Waals surface area contributed by atoms with Crippen LogP contribution >= 0.6 is 0 Å². The Morgan fingerprint density at radius 1 is 1.16 bits per heavy atom. The molecule has 0 radical (unpaired) electrons. The molecular formula is C18H31N7. The van der Waals surface area contributed by atoms with Crippen molar-refractivity contribution in [3.05, 3.63) is 18.5 Å². The number of nitrogens with zero attached hydrogens (tertiary/aromatic N) is 5. The molecule has 0 aromatic carbocycles. The molecule has 0 unspecified atom stereocenters. The summed E-state index contributed by atoms with van der Waals surface area (Å²) in [5.74, 6) is 1.82. The number of anilines is 1. The molecule has 0 spiro atoms. The van der Waals surface area contributed by atoms with Crippen molar-refractivity contribution >= 4 is 11.9 Å². The number of hydrogen-bond acceptors (Lipinski definition) is 5. The van der Waals surface area contributed by atoms with Crippen molar-refractivity contribution in [2.75, 3.05) is 50.7 Å². The first kappa shape index (κ1) is 17.9. The van der Waals surface area contributed by atoms with Gasteiger partial charge in [0.15, 0.2) is 5.96 Å². The van der Waals surface area contributed by atoms with Gasteiger partial charge in [0.1, 0.15) is 0 Å². The number of guanidine groups is 1. The van der Waals surface area contributed by atoms with E-state index in [0.29, 0.717) is 6.04 Å². The summed E-state index contributed by atoms with van der Waals surface area (Å²) in [6.45, 7) is 8.92. The third-order valence-electron chi connectivity index (χ3n) is 4.93. The van der Waals surface area contributed by atoms with E-state index in [-0.39, 0.29) is 0 Å². The second-order valence-corrected chi connectivity index (χ2v) is 6.76. The highest BCUT2D eigenvalue weighted by Crippen LogP contribution is 2.17. The maximum Gasteiger partial charge on any atom is 0.225 e. The number of aromatic nitrogens is 2. The molecule has 0 atom stereocenters. The summed E-state index contributed by atoms with van der Waals surface area (Å²) in [6.07, 6.45) is 8.84. The summed E-state index contributed by atoms with van der Waals surface area (Å²) >= 11 is 0. The molecule has 2 N–H and O–H groups in total. The maximum absolute atomic E-state index is 4.76. The fourth-order valence-electron chi connectivity index (χ4n) is 3.51. The van der Waals surface area contributed by atoms with E-state index in [0.717, 1.165) is 57.7 Å². The van der Waals surface area contributed by atoms with Crippen LogP contribution in [0.15, 0.2) is 23.5 Å². The lowest BCUT2D eigenvalue weighted by Crippen LogP contribution is -2.48. The predicted molar refractivity (Wildman–Crippen MR) is 102 cm³/mol. The highest BCUT2D eigenvalue weighted by Gasteiger charge is 2.19. The lowest BCUT2D eigenvalue weighted by Gasteiger charge is -2.34. The Kier molecular flexibility index (Phi) is 6.85. The second kappa shape index (κ2) is 9.56. The van der Waals surface area contributed by atoms with Crippen molar-refractivity contribution in [1.29, 1.82) is 0 Å². The standard InChI is InChI=1S/C18H31N7/c1-2-19-17(23-16-6-3-4-7-16)20-10-11-24-12-14-25(15-13-24)18-21-8-5-9-22-18/h5,8-9,16H,2-4,6-7,10-15H2,1H3,(H2,19,20,23). The third kappa shape index (κ3) is 5.56. The zero-order valence-electron chi connectivity index (χ0n) is 15.3. The van der Waals surface area contributed by atoms with Gasteiger partial charge in [-0.3, -0.25) is 9.89 Å². The number of nitrogens with one attached hydrogen (secondary N) is 2. The van der Waals surface area contributed by atoms with Crippen LogP contribution in [0.25, 0.3) is 0 Å². The largest absolute Gasteiger partial charge is 0.357 e. The van der Waals surface area contributed by atoms with Crippen LogP contribution in [0.3, 0.4) is 0 Å². The van der Waals surface area contributed by atoms with E-state index in [1.807, 2.05) is 18.5 Å². The fourth-order valence-corrected chi connectivity index (χ4v) is 3.51. The monoisotopic (exact) mass is 345 g/mol. The van der Waals surface area contributed by atoms with E-state index in [2.05, 4.69) is 37.3 Å². The zero-order chi connectivity index (χ0) is 17.3. The van der Waals surface area contributed by atoms with Crippen LogP contribution in [0, 0.1) is 0 Å². The average Bonchev–Trinajstić information content (AvgIpc) is 3.16. The third-order valence-corrected chi connectivity index (χ3v) is 4.93. The number of aliphatic imine (C=N–C) groups is 1. The molecule has 0 bridgehead atoms. The first-order valence-electron chi connectivity index (χ1n) is 9.64. The number of hydrogen-bond donors (Lipinski definition) is 2. The SMILES string of the molecule is CCNC(=NCCN1CCN(c2ncccn2)CC1)NC1CCCC1. The summed E-state index contributed by atoms with van der Waals surface area (Å²) in [7, 11) is 0. The molecule has 25 heavy (non-hydrogen) atoms. The second-order valence-electron chi connectivity index (χ2n) is 6.76. The smallest absolute Gasteiger partial charge is 0.225 e. The van der Waals surface area contributed by atoms with Crippen LogP contribution in [0.2, 0.25) is 0 Å². The van der Waals surface area contributed by atoms with Gasteiger partial charge in [-0.05, 0) is 25.8 Å². The van der Waals surface area contributed by atoms with Gasteiger partial charge in [0.05, 0.1) is 6.54 Å². The van der Waals surface area contributed by atoms with E-state index in [1.165, 1.54) is 25.7 Å². The van der Waals surface area contributed by atoms with Crippen LogP contribution in [-0.4, -0.2) is 72.7 Å². The molecular weight excluding hydrogens is 314 g/mol. The predicted octanol–water partition coefficient (Wildman–Crippen LogP) is 1.10. The summed E-state index contributed by atoms with van der Waals surface area (Å²) < 4.78 is 0. The van der Waals surface area contributed by atoms with Gasteiger partial charge < -0.3 is 15.5 Å². The average molecular weight is 345 g/mol. The quantitative estimate of drug-likeness (QED) is 0.594. The van der Waals surface area contributed by atoms with Gasteiger partial charge in [-0.2, -0.15) is 0 Å². The van der Waals surface area contributed by atoms with E-state index in [4.69, 9.17) is 4.99 Å². The molecule has 1 saturated heterocycles. The van der Waals surface area contributed by atoms with E-state index in [9.17, 15) is 0 Å². The number of rotatable bonds is 6. The fraction of sp³-hybridized carbons (Fsp3) is 0.722. The molecule has 1 aromatic rings. The van der Waals surface area contributed by atoms with E-state index in [1.54, 1.807) is 0 Å². The Hall–Kier alpha value is -1.89. The Morgan fingerprint density at radius 3 is 2.56 bits per heavy atom. The van der Waals surface area contributed by atoms with Gasteiger partial charge in [0.2, 0.25) is 5.95 Å². The summed E-state index contributed by atoms with van der Waals surface area (Å²) in [6, 6.07) is 2.46. The molecule has 0 amide bonds. The summed E-state index contributed by atoms with van der Waals surface area (Å²) in [4.78, 5) is 18.2. The molecule has 2 heterocycles. The van der Waals surface area contributed by atoms with Gasteiger partial charge in [-0.1, -0.05) is 12.8 Å². The normalized spacial score (nSPS) is 20.0. The Labute approximate surface area is 150 Å². The molecule has 138 valence electrons. The zero-order valence-corrected chi connectivity index (χ0v) is 15.3. The van der Waals surface area contributed by atoms with Gasteiger partial charge in [0, 0.05) is 57.7 Å². The minimum absolute atomic E-state index is 0.604. The Balaban J connectivity index is 1.40. The van der Waals surface area contributed by atoms with Crippen LogP contribution in [-0.2, 0) is 0 Å². The van der Waals surface area contributed by atoms with Crippen LogP contribution < -0.4 is 15.5 Å². The molecule has 1 aromatic heterocycles. The first-order chi connectivity index (χ1) is 12.3. The van der Waals surface area contributed by atoms with Crippen molar-refractivity contribution in [2.45, 2.75) is 38.6 Å². The van der Waals surface area contributed by atoms with Crippen molar-refractivity contribution < 1.29 is 0 Å². The van der Waals surface area contributed by atoms with Gasteiger partial charge in [-0.15, -0.1) is 0 Å². The Bertz CT molecular complexity index is 519. The Morgan fingerprint density at radius 2 is 1.88 bits per heavy atom. The highest BCUT2D eigenvalue weighted by atomic mass is 15.3. The van der Waals surface area contributed by atoms with Crippen LogP contribution in [0.1, 0.15) is 32.6 Å². The molecule has 2 aliphatic rings. The van der Waals surface area contributed by atoms with Crippen molar-refractivity contribution in [3.8, 4) is 0 Å². The van der Waals surface area contributed by atoms with Crippen LogP contribution in [0.5, 0.6) is 0 Å². The lowest BCUT2D eigenvalue weighted by molar-refractivity contribution is 0.263. The molecule has 2 fully saturated rings. The van der Waals surface area contributed by atoms with Gasteiger partial charge in [0.25, 0.3) is 0 Å². The topological polar surface area (TPSA) is 68.7 Å². The minimum Gasteiger partial charge on any atom is -0.357 e. The maximum atomic E-state index is 4.76. The first-order valence-corrected chi connectivity index (χ1v) is 9.64. The lowest BCUT2D eigenvalue weighted by atomic mass is 10.2. The number of piperazine rings is 1. The van der Waals surface area contributed by atoms with Crippen molar-refractivity contribution in [2.24, 2.45) is 4.99 Å². The van der Waals surface area contributed by atoms with Gasteiger partial charge >= 0.3 is 0 Å².